The van der Waals surface area contributed by atoms with Crippen molar-refractivity contribution < 1.29 is 4.42 Å². The van der Waals surface area contributed by atoms with Crippen LogP contribution in [0.2, 0.25) is 0 Å². The van der Waals surface area contributed by atoms with Crippen LogP contribution in [-0.4, -0.2) is 0 Å². The van der Waals surface area contributed by atoms with Gasteiger partial charge in [-0.25, -0.2) is 0 Å². The number of furan rings is 1. The second-order valence-corrected chi connectivity index (χ2v) is 4.70. The molecular weight excluding hydrogens is 184 g/mol. The van der Waals surface area contributed by atoms with Gasteiger partial charge in [0.15, 0.2) is 0 Å². The Bertz CT molecular complexity index is 588. The van der Waals surface area contributed by atoms with Crippen molar-refractivity contribution in [2.75, 3.05) is 0 Å². The van der Waals surface area contributed by atoms with Gasteiger partial charge in [-0.2, -0.15) is 0 Å². The maximum atomic E-state index is 5.93. The van der Waals surface area contributed by atoms with E-state index in [1.54, 1.807) is 0 Å². The van der Waals surface area contributed by atoms with E-state index in [0.29, 0.717) is 0 Å². The van der Waals surface area contributed by atoms with Gasteiger partial charge in [0.25, 0.3) is 0 Å². The fraction of sp³-hybridized carbons (Fsp3) is 0.286. The Morgan fingerprint density at radius 1 is 1.27 bits per heavy atom. The molecule has 0 spiro atoms. The largest absolute Gasteiger partial charge is 0.456 e. The molecule has 0 radical (unpaired) electrons. The van der Waals surface area contributed by atoms with E-state index in [-0.39, 0.29) is 0 Å². The maximum absolute atomic E-state index is 5.93. The quantitative estimate of drug-likeness (QED) is 0.621. The van der Waals surface area contributed by atoms with Crippen LogP contribution in [0.15, 0.2) is 34.8 Å². The second-order valence-electron chi connectivity index (χ2n) is 4.70. The molecule has 2 aliphatic carbocycles. The Balaban J connectivity index is 2.15. The molecule has 2 aliphatic rings. The molecule has 0 bridgehead atoms. The van der Waals surface area contributed by atoms with Gasteiger partial charge in [0.05, 0.1) is 0 Å². The molecule has 74 valence electrons. The number of rotatable bonds is 0. The van der Waals surface area contributed by atoms with E-state index in [1.165, 1.54) is 22.9 Å². The van der Waals surface area contributed by atoms with E-state index < -0.39 is 0 Å². The fourth-order valence-corrected chi connectivity index (χ4v) is 2.85. The molecule has 0 N–H and O–H groups in total. The van der Waals surface area contributed by atoms with Crippen LogP contribution >= 0.6 is 0 Å². The standard InChI is InChI=1S/C14H12O/c1-8-6-9-7-11(9)13-10-4-2-3-5-12(10)15-14(8)13/h2-6,9,11H,7H2,1H3. The smallest absolute Gasteiger partial charge is 0.135 e. The first-order valence-corrected chi connectivity index (χ1v) is 5.55. The molecule has 0 saturated heterocycles. The number of fused-ring (bicyclic) bond motifs is 5. The summed E-state index contributed by atoms with van der Waals surface area (Å²) in [4.78, 5) is 0. The summed E-state index contributed by atoms with van der Waals surface area (Å²) in [6, 6.07) is 8.40. The van der Waals surface area contributed by atoms with E-state index in [4.69, 9.17) is 4.42 Å². The Hall–Kier alpha value is -1.50. The van der Waals surface area contributed by atoms with Crippen molar-refractivity contribution >= 4 is 16.5 Å². The van der Waals surface area contributed by atoms with Crippen molar-refractivity contribution in [2.24, 2.45) is 5.92 Å². The zero-order valence-corrected chi connectivity index (χ0v) is 8.66. The van der Waals surface area contributed by atoms with E-state index in [1.807, 2.05) is 6.07 Å². The predicted octanol–water partition coefficient (Wildman–Crippen LogP) is 3.95. The topological polar surface area (TPSA) is 13.1 Å². The molecule has 1 aromatic heterocycles. The van der Waals surface area contributed by atoms with Crippen LogP contribution in [0, 0.1) is 5.92 Å². The van der Waals surface area contributed by atoms with Crippen LogP contribution in [0.3, 0.4) is 0 Å². The first-order chi connectivity index (χ1) is 7.34. The third-order valence-electron chi connectivity index (χ3n) is 3.67. The second kappa shape index (κ2) is 2.35. The van der Waals surface area contributed by atoms with E-state index in [0.717, 1.165) is 23.2 Å². The minimum atomic E-state index is 0.743. The average molecular weight is 196 g/mol. The molecule has 1 nitrogen and oxygen atoms in total. The summed E-state index contributed by atoms with van der Waals surface area (Å²) < 4.78 is 5.93. The van der Waals surface area contributed by atoms with Crippen molar-refractivity contribution in [3.05, 3.63) is 41.7 Å². The molecule has 0 aliphatic heterocycles. The van der Waals surface area contributed by atoms with Gasteiger partial charge >= 0.3 is 0 Å². The van der Waals surface area contributed by atoms with E-state index in [2.05, 4.69) is 31.2 Å². The van der Waals surface area contributed by atoms with Gasteiger partial charge in [0, 0.05) is 10.9 Å². The lowest BCUT2D eigenvalue weighted by Crippen LogP contribution is -1.92. The molecule has 1 fully saturated rings. The Kier molecular flexibility index (Phi) is 1.22. The van der Waals surface area contributed by atoms with Gasteiger partial charge in [-0.1, -0.05) is 24.3 Å². The normalized spacial score (nSPS) is 27.1. The number of para-hydroxylation sites is 1. The third kappa shape index (κ3) is 0.883. The molecule has 15 heavy (non-hydrogen) atoms. The first-order valence-electron chi connectivity index (χ1n) is 5.55. The third-order valence-corrected chi connectivity index (χ3v) is 3.67. The molecule has 0 amide bonds. The summed E-state index contributed by atoms with van der Waals surface area (Å²) in [6.07, 6.45) is 3.68. The summed E-state index contributed by atoms with van der Waals surface area (Å²) in [5.74, 6) is 2.67. The van der Waals surface area contributed by atoms with Crippen LogP contribution in [0.4, 0.5) is 0 Å². The van der Waals surface area contributed by atoms with Gasteiger partial charge < -0.3 is 4.42 Å². The minimum Gasteiger partial charge on any atom is -0.456 e. The summed E-state index contributed by atoms with van der Waals surface area (Å²) in [6.45, 7) is 2.16. The SMILES string of the molecule is CC1=CC2CC2c2c1oc1ccccc21. The number of benzene rings is 1. The van der Waals surface area contributed by atoms with E-state index in [9.17, 15) is 0 Å². The van der Waals surface area contributed by atoms with Crippen molar-refractivity contribution in [3.63, 3.8) is 0 Å². The Morgan fingerprint density at radius 3 is 3.07 bits per heavy atom. The van der Waals surface area contributed by atoms with Crippen LogP contribution in [0.5, 0.6) is 0 Å². The highest BCUT2D eigenvalue weighted by molar-refractivity contribution is 5.89. The number of allylic oxidation sites excluding steroid dienone is 2. The zero-order chi connectivity index (χ0) is 9.99. The summed E-state index contributed by atoms with van der Waals surface area (Å²) in [5, 5.41) is 1.33. The highest BCUT2D eigenvalue weighted by Crippen LogP contribution is 2.57. The van der Waals surface area contributed by atoms with Crippen molar-refractivity contribution in [2.45, 2.75) is 19.3 Å². The average Bonchev–Trinajstić information content (AvgIpc) is 2.90. The van der Waals surface area contributed by atoms with Crippen LogP contribution < -0.4 is 0 Å². The molecule has 2 unspecified atom stereocenters. The van der Waals surface area contributed by atoms with E-state index >= 15 is 0 Å². The summed E-state index contributed by atoms with van der Waals surface area (Å²) in [7, 11) is 0. The molecular formula is C14H12O. The molecule has 4 rings (SSSR count). The van der Waals surface area contributed by atoms with Crippen molar-refractivity contribution in [1.82, 2.24) is 0 Å². The molecule has 2 aromatic rings. The van der Waals surface area contributed by atoms with Crippen LogP contribution in [0.1, 0.15) is 30.6 Å². The Morgan fingerprint density at radius 2 is 2.13 bits per heavy atom. The molecule has 1 heterocycles. The Labute approximate surface area is 88.4 Å². The van der Waals surface area contributed by atoms with Gasteiger partial charge in [-0.05, 0) is 36.8 Å². The van der Waals surface area contributed by atoms with Crippen LogP contribution in [0.25, 0.3) is 16.5 Å². The molecule has 1 saturated carbocycles. The highest BCUT2D eigenvalue weighted by atomic mass is 16.3. The monoisotopic (exact) mass is 196 g/mol. The lowest BCUT2D eigenvalue weighted by Gasteiger charge is -2.07. The zero-order valence-electron chi connectivity index (χ0n) is 8.66. The van der Waals surface area contributed by atoms with Gasteiger partial charge in [0.2, 0.25) is 0 Å². The maximum Gasteiger partial charge on any atom is 0.135 e. The predicted molar refractivity (Wildman–Crippen MR) is 60.7 cm³/mol. The highest BCUT2D eigenvalue weighted by Gasteiger charge is 2.43. The van der Waals surface area contributed by atoms with Gasteiger partial charge in [0.1, 0.15) is 11.3 Å². The molecule has 1 aromatic carbocycles. The minimum absolute atomic E-state index is 0.743. The lowest BCUT2D eigenvalue weighted by atomic mass is 9.96. The number of hydrogen-bond donors (Lipinski definition) is 0. The summed E-state index contributed by atoms with van der Waals surface area (Å²) in [5.41, 5.74) is 3.83. The molecule has 1 heteroatoms. The van der Waals surface area contributed by atoms with Crippen molar-refractivity contribution in [1.29, 1.82) is 0 Å². The van der Waals surface area contributed by atoms with Gasteiger partial charge in [-0.3, -0.25) is 0 Å². The first kappa shape index (κ1) is 7.75. The van der Waals surface area contributed by atoms with Gasteiger partial charge in [-0.15, -0.1) is 0 Å². The number of hydrogen-bond acceptors (Lipinski definition) is 1. The fourth-order valence-electron chi connectivity index (χ4n) is 2.85. The molecule has 2 atom stereocenters. The summed E-state index contributed by atoms with van der Waals surface area (Å²) >= 11 is 0. The van der Waals surface area contributed by atoms with Crippen molar-refractivity contribution in [3.8, 4) is 0 Å². The lowest BCUT2D eigenvalue weighted by molar-refractivity contribution is 0.590. The van der Waals surface area contributed by atoms with Crippen LogP contribution in [-0.2, 0) is 0 Å².